The number of hydrogen-bond acceptors (Lipinski definition) is 3. The van der Waals surface area contributed by atoms with Crippen molar-refractivity contribution in [2.45, 2.75) is 38.7 Å². The van der Waals surface area contributed by atoms with Gasteiger partial charge in [-0.15, -0.1) is 0 Å². The maximum absolute atomic E-state index is 10.9. The summed E-state index contributed by atoms with van der Waals surface area (Å²) < 4.78 is 21.9. The third-order valence-corrected chi connectivity index (χ3v) is 3.93. The summed E-state index contributed by atoms with van der Waals surface area (Å²) in [6.45, 7) is 2.05. The lowest BCUT2D eigenvalue weighted by molar-refractivity contribution is 0.154. The van der Waals surface area contributed by atoms with Crippen LogP contribution in [0.2, 0.25) is 0 Å². The van der Waals surface area contributed by atoms with E-state index in [9.17, 15) is 13.5 Å². The largest absolute Gasteiger partial charge is 0.393 e. The highest BCUT2D eigenvalue weighted by atomic mass is 32.2. The molecule has 0 bridgehead atoms. The molecular formula is C14H22O3S. The second-order valence-electron chi connectivity index (χ2n) is 4.95. The van der Waals surface area contributed by atoms with Crippen molar-refractivity contribution in [3.63, 3.8) is 0 Å². The predicted octanol–water partition coefficient (Wildman–Crippen LogP) is 2.11. The van der Waals surface area contributed by atoms with Gasteiger partial charge in [-0.2, -0.15) is 0 Å². The molecule has 0 spiro atoms. The zero-order valence-corrected chi connectivity index (χ0v) is 11.9. The summed E-state index contributed by atoms with van der Waals surface area (Å²) in [6.07, 6.45) is 3.43. The molecule has 1 aromatic carbocycles. The van der Waals surface area contributed by atoms with E-state index in [-0.39, 0.29) is 5.75 Å². The molecule has 0 heterocycles. The van der Waals surface area contributed by atoms with E-state index < -0.39 is 15.9 Å². The van der Waals surface area contributed by atoms with Crippen molar-refractivity contribution in [3.05, 3.63) is 35.4 Å². The van der Waals surface area contributed by atoms with Gasteiger partial charge in [-0.1, -0.05) is 29.8 Å². The van der Waals surface area contributed by atoms with Gasteiger partial charge in [0.1, 0.15) is 9.84 Å². The van der Waals surface area contributed by atoms with Crippen molar-refractivity contribution in [2.75, 3.05) is 12.0 Å². The standard InChI is InChI=1S/C14H22O3S/c1-12-5-3-6-13(11-12)8-9-14(15)7-4-10-18(2,16)17/h3,5-6,11,14-15H,4,7-10H2,1-2H3. The summed E-state index contributed by atoms with van der Waals surface area (Å²) in [4.78, 5) is 0. The number of aliphatic hydroxyl groups is 1. The van der Waals surface area contributed by atoms with Crippen molar-refractivity contribution in [1.82, 2.24) is 0 Å². The van der Waals surface area contributed by atoms with Gasteiger partial charge in [-0.3, -0.25) is 0 Å². The molecule has 0 radical (unpaired) electrons. The lowest BCUT2D eigenvalue weighted by atomic mass is 10.0. The topological polar surface area (TPSA) is 54.4 Å². The van der Waals surface area contributed by atoms with Crippen LogP contribution in [0.1, 0.15) is 30.4 Å². The van der Waals surface area contributed by atoms with E-state index in [0.717, 1.165) is 6.42 Å². The van der Waals surface area contributed by atoms with E-state index in [4.69, 9.17) is 0 Å². The van der Waals surface area contributed by atoms with Crippen molar-refractivity contribution in [2.24, 2.45) is 0 Å². The Bertz CT molecular complexity index is 466. The third-order valence-electron chi connectivity index (χ3n) is 2.90. The normalized spacial score (nSPS) is 13.5. The quantitative estimate of drug-likeness (QED) is 0.825. The van der Waals surface area contributed by atoms with Gasteiger partial charge >= 0.3 is 0 Å². The number of aryl methyl sites for hydroxylation is 2. The van der Waals surface area contributed by atoms with E-state index in [1.165, 1.54) is 17.4 Å². The van der Waals surface area contributed by atoms with Crippen LogP contribution in [0.15, 0.2) is 24.3 Å². The van der Waals surface area contributed by atoms with Crippen LogP contribution in [0.4, 0.5) is 0 Å². The molecule has 0 aliphatic heterocycles. The highest BCUT2D eigenvalue weighted by molar-refractivity contribution is 7.90. The van der Waals surface area contributed by atoms with Gasteiger partial charge in [-0.05, 0) is 38.2 Å². The number of rotatable bonds is 7. The number of aliphatic hydroxyl groups excluding tert-OH is 1. The molecule has 3 nitrogen and oxygen atoms in total. The Morgan fingerprint density at radius 1 is 1.28 bits per heavy atom. The number of hydrogen-bond donors (Lipinski definition) is 1. The SMILES string of the molecule is Cc1cccc(CCC(O)CCCS(C)(=O)=O)c1. The highest BCUT2D eigenvalue weighted by Crippen LogP contribution is 2.11. The molecule has 0 aliphatic carbocycles. The molecule has 0 fully saturated rings. The summed E-state index contributed by atoms with van der Waals surface area (Å²) in [6, 6.07) is 8.23. The van der Waals surface area contributed by atoms with Crippen LogP contribution in [-0.2, 0) is 16.3 Å². The predicted molar refractivity (Wildman–Crippen MR) is 74.5 cm³/mol. The minimum absolute atomic E-state index is 0.161. The first-order valence-electron chi connectivity index (χ1n) is 6.28. The molecule has 1 atom stereocenters. The van der Waals surface area contributed by atoms with Crippen LogP contribution in [-0.4, -0.2) is 31.6 Å². The Kier molecular flexibility index (Phi) is 5.82. The van der Waals surface area contributed by atoms with E-state index in [1.54, 1.807) is 0 Å². The number of sulfone groups is 1. The van der Waals surface area contributed by atoms with E-state index in [2.05, 4.69) is 12.1 Å². The van der Waals surface area contributed by atoms with Gasteiger partial charge in [0, 0.05) is 12.0 Å². The van der Waals surface area contributed by atoms with E-state index >= 15 is 0 Å². The molecule has 18 heavy (non-hydrogen) atoms. The Balaban J connectivity index is 2.27. The van der Waals surface area contributed by atoms with Gasteiger partial charge in [-0.25, -0.2) is 8.42 Å². The summed E-state index contributed by atoms with van der Waals surface area (Å²) in [7, 11) is -2.90. The Morgan fingerprint density at radius 3 is 2.61 bits per heavy atom. The van der Waals surface area contributed by atoms with Gasteiger partial charge in [0.15, 0.2) is 0 Å². The monoisotopic (exact) mass is 270 g/mol. The number of benzene rings is 1. The summed E-state index contributed by atoms with van der Waals surface area (Å²) in [5, 5.41) is 9.78. The zero-order valence-electron chi connectivity index (χ0n) is 11.1. The molecule has 1 rings (SSSR count). The first-order chi connectivity index (χ1) is 8.37. The molecule has 1 unspecified atom stereocenters. The molecule has 1 N–H and O–H groups in total. The average Bonchev–Trinajstić information content (AvgIpc) is 2.25. The van der Waals surface area contributed by atoms with Crippen LogP contribution in [0.25, 0.3) is 0 Å². The van der Waals surface area contributed by atoms with Gasteiger partial charge in [0.05, 0.1) is 6.10 Å². The fourth-order valence-electron chi connectivity index (χ4n) is 1.93. The van der Waals surface area contributed by atoms with Crippen LogP contribution in [0, 0.1) is 6.92 Å². The maximum atomic E-state index is 10.9. The molecule has 0 saturated carbocycles. The van der Waals surface area contributed by atoms with E-state index in [1.807, 2.05) is 19.1 Å². The van der Waals surface area contributed by atoms with Gasteiger partial charge < -0.3 is 5.11 Å². The molecular weight excluding hydrogens is 248 g/mol. The average molecular weight is 270 g/mol. The van der Waals surface area contributed by atoms with Crippen LogP contribution < -0.4 is 0 Å². The fourth-order valence-corrected chi connectivity index (χ4v) is 2.62. The molecule has 0 aliphatic rings. The maximum Gasteiger partial charge on any atom is 0.147 e. The molecule has 102 valence electrons. The van der Waals surface area contributed by atoms with Gasteiger partial charge in [0.25, 0.3) is 0 Å². The second-order valence-corrected chi connectivity index (χ2v) is 7.21. The third kappa shape index (κ3) is 6.77. The Morgan fingerprint density at radius 2 is 2.00 bits per heavy atom. The summed E-state index contributed by atoms with van der Waals surface area (Å²) in [5.41, 5.74) is 2.44. The lowest BCUT2D eigenvalue weighted by Gasteiger charge is -2.10. The fraction of sp³-hybridized carbons (Fsp3) is 0.571. The smallest absolute Gasteiger partial charge is 0.147 e. The Hall–Kier alpha value is -0.870. The summed E-state index contributed by atoms with van der Waals surface area (Å²) in [5.74, 6) is 0.161. The molecule has 4 heteroatoms. The van der Waals surface area contributed by atoms with Gasteiger partial charge in [0.2, 0.25) is 0 Å². The zero-order chi connectivity index (χ0) is 13.6. The highest BCUT2D eigenvalue weighted by Gasteiger charge is 2.07. The molecule has 1 aromatic rings. The van der Waals surface area contributed by atoms with Crippen LogP contribution >= 0.6 is 0 Å². The van der Waals surface area contributed by atoms with E-state index in [0.29, 0.717) is 19.3 Å². The van der Waals surface area contributed by atoms with Crippen molar-refractivity contribution in [3.8, 4) is 0 Å². The molecule has 0 aromatic heterocycles. The minimum atomic E-state index is -2.90. The van der Waals surface area contributed by atoms with Crippen LogP contribution in [0.3, 0.4) is 0 Å². The first-order valence-corrected chi connectivity index (χ1v) is 8.34. The molecule has 0 amide bonds. The summed E-state index contributed by atoms with van der Waals surface area (Å²) >= 11 is 0. The van der Waals surface area contributed by atoms with Crippen molar-refractivity contribution >= 4 is 9.84 Å². The van der Waals surface area contributed by atoms with Crippen molar-refractivity contribution in [1.29, 1.82) is 0 Å². The lowest BCUT2D eigenvalue weighted by Crippen LogP contribution is -2.11. The molecule has 0 saturated heterocycles. The first kappa shape index (κ1) is 15.2. The Labute approximate surface area is 110 Å². The van der Waals surface area contributed by atoms with Crippen LogP contribution in [0.5, 0.6) is 0 Å². The van der Waals surface area contributed by atoms with Crippen molar-refractivity contribution < 1.29 is 13.5 Å². The second kappa shape index (κ2) is 6.90. The minimum Gasteiger partial charge on any atom is -0.393 e.